The minimum absolute atomic E-state index is 0.0809. The third-order valence-corrected chi connectivity index (χ3v) is 7.17. The quantitative estimate of drug-likeness (QED) is 0.739. The first kappa shape index (κ1) is 24.4. The summed E-state index contributed by atoms with van der Waals surface area (Å²) in [6.07, 6.45) is 0.767. The van der Waals surface area contributed by atoms with Gasteiger partial charge in [-0.1, -0.05) is 24.3 Å². The van der Waals surface area contributed by atoms with Crippen LogP contribution in [0.2, 0.25) is 0 Å². The zero-order valence-corrected chi connectivity index (χ0v) is 20.0. The van der Waals surface area contributed by atoms with Crippen LogP contribution in [-0.4, -0.2) is 55.8 Å². The van der Waals surface area contributed by atoms with Crippen LogP contribution in [0.4, 0.5) is 4.39 Å². The van der Waals surface area contributed by atoms with E-state index in [-0.39, 0.29) is 16.6 Å². The van der Waals surface area contributed by atoms with Crippen LogP contribution >= 0.6 is 0 Å². The van der Waals surface area contributed by atoms with Gasteiger partial charge in [0, 0.05) is 49.4 Å². The maximum Gasteiger partial charge on any atom is 0.254 e. The first-order chi connectivity index (χ1) is 15.0. The number of rotatable bonds is 5. The van der Waals surface area contributed by atoms with Crippen LogP contribution in [-0.2, 0) is 16.6 Å². The van der Waals surface area contributed by atoms with Gasteiger partial charge in [0.15, 0.2) is 0 Å². The largest absolute Gasteiger partial charge is 0.337 e. The van der Waals surface area contributed by atoms with Crippen LogP contribution in [0, 0.1) is 12.7 Å². The number of halogens is 1. The van der Waals surface area contributed by atoms with E-state index in [4.69, 9.17) is 0 Å². The number of aryl methyl sites for hydroxylation is 1. The fraction of sp³-hybridized carbons (Fsp3) is 0.458. The maximum atomic E-state index is 14.0. The van der Waals surface area contributed by atoms with Gasteiger partial charge < -0.3 is 4.90 Å². The molecule has 174 valence electrons. The monoisotopic (exact) mass is 461 g/mol. The van der Waals surface area contributed by atoms with E-state index in [2.05, 4.69) is 9.62 Å². The molecule has 0 aliphatic carbocycles. The summed E-state index contributed by atoms with van der Waals surface area (Å²) in [5.41, 5.74) is 1.15. The Hall–Kier alpha value is -2.29. The molecule has 0 spiro atoms. The van der Waals surface area contributed by atoms with Crippen molar-refractivity contribution < 1.29 is 17.6 Å². The Morgan fingerprint density at radius 2 is 1.78 bits per heavy atom. The molecule has 3 rings (SSSR count). The van der Waals surface area contributed by atoms with Crippen LogP contribution in [0.3, 0.4) is 0 Å². The SMILES string of the molecule is Cc1ccc(S(=O)(=O)NC(C)(C)C)cc1C(=O)N1CCCN(Cc2ccccc2F)CC1. The third kappa shape index (κ3) is 6.15. The van der Waals surface area contributed by atoms with Gasteiger partial charge in [-0.2, -0.15) is 0 Å². The first-order valence-electron chi connectivity index (χ1n) is 10.9. The molecule has 2 aromatic carbocycles. The number of sulfonamides is 1. The van der Waals surface area contributed by atoms with Crippen molar-refractivity contribution in [3.8, 4) is 0 Å². The molecule has 0 radical (unpaired) electrons. The number of carbonyl (C=O) groups is 1. The van der Waals surface area contributed by atoms with Crippen LogP contribution in [0.25, 0.3) is 0 Å². The van der Waals surface area contributed by atoms with E-state index in [1.807, 2.05) is 13.0 Å². The molecule has 1 amide bonds. The summed E-state index contributed by atoms with van der Waals surface area (Å²) in [5, 5.41) is 0. The molecule has 6 nitrogen and oxygen atoms in total. The normalized spacial score (nSPS) is 16.1. The molecule has 1 aliphatic rings. The number of nitrogens with zero attached hydrogens (tertiary/aromatic N) is 2. The zero-order valence-electron chi connectivity index (χ0n) is 19.2. The van der Waals surface area contributed by atoms with E-state index in [0.717, 1.165) is 18.5 Å². The zero-order chi connectivity index (χ0) is 23.5. The number of nitrogens with one attached hydrogen (secondary N) is 1. The van der Waals surface area contributed by atoms with E-state index < -0.39 is 15.6 Å². The molecule has 1 heterocycles. The molecule has 2 aromatic rings. The highest BCUT2D eigenvalue weighted by atomic mass is 32.2. The van der Waals surface area contributed by atoms with Crippen molar-refractivity contribution >= 4 is 15.9 Å². The molecule has 8 heteroatoms. The van der Waals surface area contributed by atoms with Crippen molar-refractivity contribution in [1.29, 1.82) is 0 Å². The highest BCUT2D eigenvalue weighted by Crippen LogP contribution is 2.20. The molecule has 0 aromatic heterocycles. The summed E-state index contributed by atoms with van der Waals surface area (Å²) < 4.78 is 42.1. The summed E-state index contributed by atoms with van der Waals surface area (Å²) in [6.45, 7) is 10.1. The predicted molar refractivity (Wildman–Crippen MR) is 123 cm³/mol. The summed E-state index contributed by atoms with van der Waals surface area (Å²) in [6, 6.07) is 11.4. The topological polar surface area (TPSA) is 69.7 Å². The van der Waals surface area contributed by atoms with Crippen molar-refractivity contribution in [1.82, 2.24) is 14.5 Å². The lowest BCUT2D eigenvalue weighted by atomic mass is 10.1. The van der Waals surface area contributed by atoms with Crippen molar-refractivity contribution in [2.75, 3.05) is 26.2 Å². The van der Waals surface area contributed by atoms with E-state index in [0.29, 0.717) is 37.3 Å². The lowest BCUT2D eigenvalue weighted by Crippen LogP contribution is -2.40. The molecule has 0 bridgehead atoms. The predicted octanol–water partition coefficient (Wildman–Crippen LogP) is 3.56. The Morgan fingerprint density at radius 1 is 1.06 bits per heavy atom. The molecule has 0 unspecified atom stereocenters. The summed E-state index contributed by atoms with van der Waals surface area (Å²) in [7, 11) is -3.74. The highest BCUT2D eigenvalue weighted by molar-refractivity contribution is 7.89. The summed E-state index contributed by atoms with van der Waals surface area (Å²) in [5.74, 6) is -0.398. The van der Waals surface area contributed by atoms with Gasteiger partial charge in [-0.3, -0.25) is 9.69 Å². The molecule has 1 fully saturated rings. The first-order valence-corrected chi connectivity index (χ1v) is 12.3. The van der Waals surface area contributed by atoms with E-state index in [1.54, 1.807) is 43.9 Å². The Labute approximate surface area is 190 Å². The number of hydrogen-bond acceptors (Lipinski definition) is 4. The van der Waals surface area contributed by atoms with Gasteiger partial charge in [0.1, 0.15) is 5.82 Å². The molecular formula is C24H32FN3O3S. The van der Waals surface area contributed by atoms with Crippen molar-refractivity contribution in [2.45, 2.75) is 51.1 Å². The Bertz CT molecular complexity index is 1080. The Kier molecular flexibility index (Phi) is 7.37. The molecule has 0 saturated carbocycles. The average molecular weight is 462 g/mol. The van der Waals surface area contributed by atoms with E-state index in [9.17, 15) is 17.6 Å². The fourth-order valence-electron chi connectivity index (χ4n) is 3.83. The second-order valence-electron chi connectivity index (χ2n) is 9.35. The Balaban J connectivity index is 1.74. The second kappa shape index (κ2) is 9.68. The van der Waals surface area contributed by atoms with Crippen molar-refractivity contribution in [3.63, 3.8) is 0 Å². The van der Waals surface area contributed by atoms with Gasteiger partial charge in [0.25, 0.3) is 5.91 Å². The van der Waals surface area contributed by atoms with Gasteiger partial charge in [-0.05, 0) is 57.9 Å². The molecule has 1 saturated heterocycles. The standard InChI is InChI=1S/C24H32FN3O3S/c1-18-10-11-20(32(30,31)26-24(2,3)4)16-21(18)23(29)28-13-7-12-27(14-15-28)17-19-8-5-6-9-22(19)25/h5-6,8-11,16,26H,7,12-15,17H2,1-4H3. The van der Waals surface area contributed by atoms with E-state index >= 15 is 0 Å². The minimum atomic E-state index is -3.74. The summed E-state index contributed by atoms with van der Waals surface area (Å²) in [4.78, 5) is 17.3. The number of hydrogen-bond donors (Lipinski definition) is 1. The van der Waals surface area contributed by atoms with Gasteiger partial charge in [-0.25, -0.2) is 17.5 Å². The minimum Gasteiger partial charge on any atom is -0.337 e. The van der Waals surface area contributed by atoms with Crippen LogP contribution in [0.15, 0.2) is 47.4 Å². The van der Waals surface area contributed by atoms with Crippen molar-refractivity contribution in [2.24, 2.45) is 0 Å². The highest BCUT2D eigenvalue weighted by Gasteiger charge is 2.26. The molecule has 32 heavy (non-hydrogen) atoms. The van der Waals surface area contributed by atoms with Crippen LogP contribution in [0.1, 0.15) is 48.7 Å². The third-order valence-electron chi connectivity index (χ3n) is 5.42. The Morgan fingerprint density at radius 3 is 2.47 bits per heavy atom. The molecule has 0 atom stereocenters. The summed E-state index contributed by atoms with van der Waals surface area (Å²) >= 11 is 0. The van der Waals surface area contributed by atoms with E-state index in [1.165, 1.54) is 18.2 Å². The lowest BCUT2D eigenvalue weighted by Gasteiger charge is -2.24. The fourth-order valence-corrected chi connectivity index (χ4v) is 5.27. The molecule has 1 aliphatic heterocycles. The number of amides is 1. The van der Waals surface area contributed by atoms with Crippen LogP contribution < -0.4 is 4.72 Å². The smallest absolute Gasteiger partial charge is 0.254 e. The number of benzene rings is 2. The molecular weight excluding hydrogens is 429 g/mol. The lowest BCUT2D eigenvalue weighted by molar-refractivity contribution is 0.0760. The van der Waals surface area contributed by atoms with Gasteiger partial charge in [0.05, 0.1) is 4.90 Å². The van der Waals surface area contributed by atoms with Gasteiger partial charge in [-0.15, -0.1) is 0 Å². The average Bonchev–Trinajstić information content (AvgIpc) is 2.93. The molecule has 1 N–H and O–H groups in total. The van der Waals surface area contributed by atoms with Gasteiger partial charge in [0.2, 0.25) is 10.0 Å². The van der Waals surface area contributed by atoms with Crippen LogP contribution in [0.5, 0.6) is 0 Å². The van der Waals surface area contributed by atoms with Gasteiger partial charge >= 0.3 is 0 Å². The maximum absolute atomic E-state index is 14.0. The number of carbonyl (C=O) groups excluding carboxylic acids is 1. The second-order valence-corrected chi connectivity index (χ2v) is 11.0. The van der Waals surface area contributed by atoms with Crippen molar-refractivity contribution in [3.05, 3.63) is 65.0 Å².